The topological polar surface area (TPSA) is 64.6 Å². The Bertz CT molecular complexity index is 186. The van der Waals surface area contributed by atoms with E-state index >= 15 is 0 Å². The van der Waals surface area contributed by atoms with Gasteiger partial charge in [-0.1, -0.05) is 26.2 Å². The molecule has 5 nitrogen and oxygen atoms in total. The summed E-state index contributed by atoms with van der Waals surface area (Å²) in [7, 11) is 1.20. The largest absolute Gasteiger partial charge is 0.452 e. The lowest BCUT2D eigenvalue weighted by Crippen LogP contribution is -2.26. The summed E-state index contributed by atoms with van der Waals surface area (Å²) in [5, 5.41) is 0. The summed E-state index contributed by atoms with van der Waals surface area (Å²) in [4.78, 5) is 10.6. The molecule has 0 aliphatic heterocycles. The molecule has 14 heavy (non-hydrogen) atoms. The molecule has 0 saturated heterocycles. The van der Waals surface area contributed by atoms with Gasteiger partial charge in [-0.2, -0.15) is 0 Å². The van der Waals surface area contributed by atoms with Gasteiger partial charge in [-0.05, 0) is 6.42 Å². The van der Waals surface area contributed by atoms with Crippen molar-refractivity contribution in [2.75, 3.05) is 13.7 Å². The summed E-state index contributed by atoms with van der Waals surface area (Å²) in [5.41, 5.74) is 0. The second-order valence-corrected chi connectivity index (χ2v) is 3.62. The Morgan fingerprint density at radius 2 is 2.07 bits per heavy atom. The quantitative estimate of drug-likeness (QED) is 0.664. The molecule has 0 rings (SSSR count). The molecule has 0 bridgehead atoms. The van der Waals surface area contributed by atoms with Crippen LogP contribution in [-0.2, 0) is 20.2 Å². The molecule has 1 N–H and O–H groups in total. The van der Waals surface area contributed by atoms with Gasteiger partial charge in [-0.15, -0.1) is 0 Å². The SMILES string of the molecule is CCCCCCOS(=O)NC(=O)OC. The van der Waals surface area contributed by atoms with Gasteiger partial charge in [0.05, 0.1) is 13.7 Å². The van der Waals surface area contributed by atoms with Crippen LogP contribution in [0.2, 0.25) is 0 Å². The standard InChI is InChI=1S/C8H17NO4S/c1-3-4-5-6-7-13-14(11)9-8(10)12-2/h3-7H2,1-2H3,(H,9,10). The van der Waals surface area contributed by atoms with Gasteiger partial charge in [0, 0.05) is 0 Å². The van der Waals surface area contributed by atoms with Crippen LogP contribution >= 0.6 is 0 Å². The molecule has 0 radical (unpaired) electrons. The normalized spacial score (nSPS) is 12.1. The van der Waals surface area contributed by atoms with Gasteiger partial charge in [-0.3, -0.25) is 4.18 Å². The van der Waals surface area contributed by atoms with Crippen molar-refractivity contribution in [2.24, 2.45) is 0 Å². The fraction of sp³-hybridized carbons (Fsp3) is 0.875. The van der Waals surface area contributed by atoms with E-state index in [1.165, 1.54) is 7.11 Å². The molecule has 6 heteroatoms. The van der Waals surface area contributed by atoms with E-state index in [0.29, 0.717) is 6.61 Å². The van der Waals surface area contributed by atoms with Gasteiger partial charge in [0.1, 0.15) is 0 Å². The van der Waals surface area contributed by atoms with E-state index in [1.54, 1.807) is 0 Å². The van der Waals surface area contributed by atoms with Crippen molar-refractivity contribution in [2.45, 2.75) is 32.6 Å². The molecule has 0 aliphatic carbocycles. The van der Waals surface area contributed by atoms with Crippen LogP contribution in [0.5, 0.6) is 0 Å². The smallest absolute Gasteiger partial charge is 0.420 e. The van der Waals surface area contributed by atoms with Crippen molar-refractivity contribution < 1.29 is 17.9 Å². The third kappa shape index (κ3) is 8.00. The molecule has 0 heterocycles. The fourth-order valence-electron chi connectivity index (χ4n) is 0.803. The van der Waals surface area contributed by atoms with Crippen LogP contribution in [-0.4, -0.2) is 24.0 Å². The monoisotopic (exact) mass is 223 g/mol. The van der Waals surface area contributed by atoms with Gasteiger partial charge in [0.15, 0.2) is 0 Å². The highest BCUT2D eigenvalue weighted by molar-refractivity contribution is 7.78. The van der Waals surface area contributed by atoms with Crippen LogP contribution in [0.1, 0.15) is 32.6 Å². The van der Waals surface area contributed by atoms with Crippen LogP contribution in [0.4, 0.5) is 4.79 Å². The Balaban J connectivity index is 3.31. The Morgan fingerprint density at radius 3 is 2.64 bits per heavy atom. The average Bonchev–Trinajstić information content (AvgIpc) is 2.17. The lowest BCUT2D eigenvalue weighted by Gasteiger charge is -2.03. The summed E-state index contributed by atoms with van der Waals surface area (Å²) < 4.78 is 22.0. The van der Waals surface area contributed by atoms with Crippen LogP contribution in [0.15, 0.2) is 0 Å². The van der Waals surface area contributed by atoms with Gasteiger partial charge in [0.2, 0.25) is 0 Å². The third-order valence-corrected chi connectivity index (χ3v) is 2.25. The van der Waals surface area contributed by atoms with Crippen LogP contribution in [0.3, 0.4) is 0 Å². The maximum Gasteiger partial charge on any atom is 0.420 e. The second kappa shape index (κ2) is 8.96. The highest BCUT2D eigenvalue weighted by Crippen LogP contribution is 1.99. The van der Waals surface area contributed by atoms with Crippen molar-refractivity contribution >= 4 is 17.4 Å². The van der Waals surface area contributed by atoms with Crippen molar-refractivity contribution in [1.29, 1.82) is 0 Å². The fourth-order valence-corrected chi connectivity index (χ4v) is 1.35. The van der Waals surface area contributed by atoms with Crippen molar-refractivity contribution in [3.8, 4) is 0 Å². The first-order valence-corrected chi connectivity index (χ1v) is 5.67. The average molecular weight is 223 g/mol. The zero-order valence-corrected chi connectivity index (χ0v) is 9.39. The molecule has 1 unspecified atom stereocenters. The molecular weight excluding hydrogens is 206 g/mol. The summed E-state index contributed by atoms with van der Waals surface area (Å²) in [6.45, 7) is 2.49. The van der Waals surface area contributed by atoms with Gasteiger partial charge < -0.3 is 4.74 Å². The van der Waals surface area contributed by atoms with E-state index in [4.69, 9.17) is 4.18 Å². The zero-order chi connectivity index (χ0) is 10.8. The lowest BCUT2D eigenvalue weighted by molar-refractivity contribution is 0.176. The number of unbranched alkanes of at least 4 members (excludes halogenated alkanes) is 3. The lowest BCUT2D eigenvalue weighted by atomic mass is 10.2. The van der Waals surface area contributed by atoms with Gasteiger partial charge in [0.25, 0.3) is 11.3 Å². The number of amides is 1. The third-order valence-electron chi connectivity index (χ3n) is 1.54. The van der Waals surface area contributed by atoms with E-state index in [9.17, 15) is 9.00 Å². The van der Waals surface area contributed by atoms with E-state index in [2.05, 4.69) is 11.7 Å². The number of hydrogen-bond donors (Lipinski definition) is 1. The minimum atomic E-state index is -1.78. The van der Waals surface area contributed by atoms with E-state index in [-0.39, 0.29) is 0 Å². The Labute approximate surface area is 87.0 Å². The molecule has 0 aromatic carbocycles. The maximum absolute atomic E-state index is 10.9. The van der Waals surface area contributed by atoms with Gasteiger partial charge in [-0.25, -0.2) is 13.7 Å². The summed E-state index contributed by atoms with van der Waals surface area (Å²) in [6, 6.07) is 0. The molecule has 0 spiro atoms. The Hall–Kier alpha value is -0.620. The van der Waals surface area contributed by atoms with Crippen LogP contribution < -0.4 is 4.72 Å². The summed E-state index contributed by atoms with van der Waals surface area (Å²) in [6.07, 6.45) is 3.43. The molecule has 0 fully saturated rings. The number of hydrogen-bond acceptors (Lipinski definition) is 4. The number of carbonyl (C=O) groups is 1. The van der Waals surface area contributed by atoms with Crippen molar-refractivity contribution in [3.63, 3.8) is 0 Å². The predicted molar refractivity (Wildman–Crippen MR) is 53.8 cm³/mol. The first-order valence-electron chi connectivity index (χ1n) is 4.60. The predicted octanol–water partition coefficient (Wildman–Crippen LogP) is 1.52. The van der Waals surface area contributed by atoms with Crippen LogP contribution in [0, 0.1) is 0 Å². The van der Waals surface area contributed by atoms with Gasteiger partial charge >= 0.3 is 6.09 Å². The first kappa shape index (κ1) is 13.4. The second-order valence-electron chi connectivity index (χ2n) is 2.71. The molecular formula is C8H17NO4S. The molecule has 0 saturated carbocycles. The molecule has 0 aromatic rings. The number of rotatable bonds is 7. The van der Waals surface area contributed by atoms with Crippen molar-refractivity contribution in [1.82, 2.24) is 4.72 Å². The number of nitrogens with one attached hydrogen (secondary N) is 1. The van der Waals surface area contributed by atoms with E-state index in [0.717, 1.165) is 25.7 Å². The number of ether oxygens (including phenoxy) is 1. The Kier molecular flexibility index (Phi) is 8.56. The maximum atomic E-state index is 10.9. The molecule has 84 valence electrons. The summed E-state index contributed by atoms with van der Waals surface area (Å²) >= 11 is -1.78. The van der Waals surface area contributed by atoms with E-state index < -0.39 is 17.4 Å². The number of methoxy groups -OCH3 is 1. The molecule has 0 aliphatic rings. The van der Waals surface area contributed by atoms with E-state index in [1.807, 2.05) is 4.72 Å². The zero-order valence-electron chi connectivity index (χ0n) is 8.58. The summed E-state index contributed by atoms with van der Waals surface area (Å²) in [5.74, 6) is 0. The van der Waals surface area contributed by atoms with Crippen LogP contribution in [0.25, 0.3) is 0 Å². The number of carbonyl (C=O) groups excluding carboxylic acids is 1. The first-order chi connectivity index (χ1) is 6.70. The Morgan fingerprint density at radius 1 is 1.36 bits per heavy atom. The minimum Gasteiger partial charge on any atom is -0.452 e. The molecule has 0 aromatic heterocycles. The minimum absolute atomic E-state index is 0.386. The van der Waals surface area contributed by atoms with Crippen molar-refractivity contribution in [3.05, 3.63) is 0 Å². The molecule has 1 amide bonds. The molecule has 1 atom stereocenters. The highest BCUT2D eigenvalue weighted by Gasteiger charge is 2.04. The highest BCUT2D eigenvalue weighted by atomic mass is 32.2.